The molecule has 0 spiro atoms. The largest absolute Gasteiger partial charge is 0.493 e. The summed E-state index contributed by atoms with van der Waals surface area (Å²) in [5.74, 6) is -0.0405. The Morgan fingerprint density at radius 3 is 2.55 bits per heavy atom. The van der Waals surface area contributed by atoms with Crippen molar-refractivity contribution in [3.63, 3.8) is 0 Å². The Hall–Kier alpha value is -3.93. The maximum Gasteiger partial charge on any atom is 0.363 e. The van der Waals surface area contributed by atoms with Gasteiger partial charge in [-0.15, -0.1) is 0 Å². The molecule has 4 rings (SSSR count). The van der Waals surface area contributed by atoms with E-state index in [2.05, 4.69) is 4.99 Å². The molecule has 1 aliphatic rings. The molecule has 0 bridgehead atoms. The Morgan fingerprint density at radius 1 is 1.00 bits per heavy atom. The topological polar surface area (TPSA) is 74.2 Å². The predicted molar refractivity (Wildman–Crippen MR) is 109 cm³/mol. The van der Waals surface area contributed by atoms with Gasteiger partial charge in [0.05, 0.1) is 7.11 Å². The van der Waals surface area contributed by atoms with Crippen molar-refractivity contribution >= 4 is 34.7 Å². The van der Waals surface area contributed by atoms with Crippen LogP contribution >= 0.6 is 0 Å². The zero-order valence-corrected chi connectivity index (χ0v) is 15.8. The minimum absolute atomic E-state index is 0.176. The average molecular weight is 387 g/mol. The van der Waals surface area contributed by atoms with E-state index in [9.17, 15) is 9.59 Å². The van der Waals surface area contributed by atoms with Crippen molar-refractivity contribution in [2.24, 2.45) is 4.99 Å². The highest BCUT2D eigenvalue weighted by Gasteiger charge is 2.24. The average Bonchev–Trinajstić information content (AvgIpc) is 3.08. The van der Waals surface area contributed by atoms with Crippen molar-refractivity contribution in [3.05, 3.63) is 77.5 Å². The van der Waals surface area contributed by atoms with E-state index in [1.807, 2.05) is 42.5 Å². The van der Waals surface area contributed by atoms with E-state index in [0.717, 1.165) is 16.3 Å². The van der Waals surface area contributed by atoms with E-state index in [4.69, 9.17) is 14.2 Å². The van der Waals surface area contributed by atoms with Crippen molar-refractivity contribution in [2.45, 2.75) is 6.92 Å². The second-order valence-corrected chi connectivity index (χ2v) is 6.40. The molecule has 0 amide bonds. The number of hydrogen-bond acceptors (Lipinski definition) is 6. The Balaban J connectivity index is 1.66. The van der Waals surface area contributed by atoms with E-state index in [1.54, 1.807) is 24.3 Å². The van der Waals surface area contributed by atoms with Crippen LogP contribution in [0.3, 0.4) is 0 Å². The van der Waals surface area contributed by atoms with Gasteiger partial charge in [0.15, 0.2) is 17.2 Å². The molecule has 0 aromatic heterocycles. The predicted octanol–water partition coefficient (Wildman–Crippen LogP) is 4.12. The third-order valence-electron chi connectivity index (χ3n) is 4.36. The first kappa shape index (κ1) is 18.4. The van der Waals surface area contributed by atoms with E-state index in [0.29, 0.717) is 17.1 Å². The number of hydrogen-bond donors (Lipinski definition) is 0. The first-order valence-electron chi connectivity index (χ1n) is 8.92. The molecule has 6 heteroatoms. The first-order valence-corrected chi connectivity index (χ1v) is 8.92. The van der Waals surface area contributed by atoms with Gasteiger partial charge >= 0.3 is 11.9 Å². The molecule has 0 N–H and O–H groups in total. The highest BCUT2D eigenvalue weighted by molar-refractivity contribution is 6.13. The monoisotopic (exact) mass is 387 g/mol. The molecule has 3 aromatic carbocycles. The number of benzene rings is 3. The normalized spacial score (nSPS) is 14.6. The van der Waals surface area contributed by atoms with Gasteiger partial charge < -0.3 is 14.2 Å². The van der Waals surface area contributed by atoms with Gasteiger partial charge in [-0.05, 0) is 46.7 Å². The number of ether oxygens (including phenoxy) is 3. The summed E-state index contributed by atoms with van der Waals surface area (Å²) in [5.41, 5.74) is 1.56. The summed E-state index contributed by atoms with van der Waals surface area (Å²) >= 11 is 0. The summed E-state index contributed by atoms with van der Waals surface area (Å²) in [4.78, 5) is 27.8. The van der Waals surface area contributed by atoms with Gasteiger partial charge in [-0.3, -0.25) is 4.79 Å². The van der Waals surface area contributed by atoms with Gasteiger partial charge in [-0.1, -0.05) is 36.4 Å². The minimum Gasteiger partial charge on any atom is -0.493 e. The molecular weight excluding hydrogens is 370 g/mol. The Bertz CT molecular complexity index is 1190. The van der Waals surface area contributed by atoms with E-state index >= 15 is 0 Å². The fourth-order valence-corrected chi connectivity index (χ4v) is 3.03. The SMILES string of the molecule is COc1cc(/C=C2\N=C(c3ccc4ccccc4c3)OC2=O)ccc1OC(C)=O. The second-order valence-electron chi connectivity index (χ2n) is 6.40. The van der Waals surface area contributed by atoms with Crippen molar-refractivity contribution in [2.75, 3.05) is 7.11 Å². The van der Waals surface area contributed by atoms with Crippen molar-refractivity contribution in [1.29, 1.82) is 0 Å². The van der Waals surface area contributed by atoms with Crippen LogP contribution in [0.1, 0.15) is 18.1 Å². The van der Waals surface area contributed by atoms with Crippen LogP contribution < -0.4 is 9.47 Å². The Morgan fingerprint density at radius 2 is 1.79 bits per heavy atom. The molecule has 3 aromatic rings. The lowest BCUT2D eigenvalue weighted by Gasteiger charge is -2.08. The number of rotatable bonds is 4. The molecule has 1 heterocycles. The summed E-state index contributed by atoms with van der Waals surface area (Å²) in [5, 5.41) is 2.13. The smallest absolute Gasteiger partial charge is 0.363 e. The van der Waals surface area contributed by atoms with Gasteiger partial charge in [0.2, 0.25) is 5.90 Å². The quantitative estimate of drug-likeness (QED) is 0.382. The molecule has 0 aliphatic carbocycles. The molecule has 0 unspecified atom stereocenters. The zero-order valence-electron chi connectivity index (χ0n) is 15.8. The number of cyclic esters (lactones) is 1. The lowest BCUT2D eigenvalue weighted by atomic mass is 10.1. The van der Waals surface area contributed by atoms with Gasteiger partial charge in [0, 0.05) is 12.5 Å². The van der Waals surface area contributed by atoms with Gasteiger partial charge in [0.1, 0.15) is 0 Å². The van der Waals surface area contributed by atoms with Gasteiger partial charge in [-0.25, -0.2) is 9.79 Å². The number of methoxy groups -OCH3 is 1. The lowest BCUT2D eigenvalue weighted by molar-refractivity contribution is -0.132. The number of fused-ring (bicyclic) bond motifs is 1. The van der Waals surface area contributed by atoms with Gasteiger partial charge in [-0.2, -0.15) is 0 Å². The number of carbonyl (C=O) groups excluding carboxylic acids is 2. The van der Waals surface area contributed by atoms with E-state index in [-0.39, 0.29) is 11.6 Å². The molecule has 29 heavy (non-hydrogen) atoms. The second kappa shape index (κ2) is 7.59. The van der Waals surface area contributed by atoms with Crippen LogP contribution in [-0.4, -0.2) is 24.9 Å². The molecule has 0 saturated carbocycles. The van der Waals surface area contributed by atoms with Crippen LogP contribution in [0.4, 0.5) is 0 Å². The Kier molecular flexibility index (Phi) is 4.83. The fraction of sp³-hybridized carbons (Fsp3) is 0.0870. The Labute approximate surface area is 167 Å². The van der Waals surface area contributed by atoms with Crippen LogP contribution in [0.15, 0.2) is 71.4 Å². The molecule has 6 nitrogen and oxygen atoms in total. The summed E-state index contributed by atoms with van der Waals surface area (Å²) in [7, 11) is 1.47. The third-order valence-corrected chi connectivity index (χ3v) is 4.36. The lowest BCUT2D eigenvalue weighted by Crippen LogP contribution is -2.05. The van der Waals surface area contributed by atoms with Crippen LogP contribution in [0.2, 0.25) is 0 Å². The summed E-state index contributed by atoms with van der Waals surface area (Å²) in [6.07, 6.45) is 1.59. The standard InChI is InChI=1S/C23H17NO5/c1-14(25)28-20-10-7-15(12-21(20)27-2)11-19-23(26)29-22(24-19)18-9-8-16-5-3-4-6-17(16)13-18/h3-13H,1-2H3/b19-11-. The fourth-order valence-electron chi connectivity index (χ4n) is 3.03. The molecule has 0 atom stereocenters. The highest BCUT2D eigenvalue weighted by Crippen LogP contribution is 2.30. The van der Waals surface area contributed by atoms with Crippen molar-refractivity contribution in [3.8, 4) is 11.5 Å². The van der Waals surface area contributed by atoms with Crippen LogP contribution in [-0.2, 0) is 14.3 Å². The van der Waals surface area contributed by atoms with Gasteiger partial charge in [0.25, 0.3) is 0 Å². The molecule has 144 valence electrons. The molecule has 0 saturated heterocycles. The third kappa shape index (κ3) is 3.87. The number of carbonyl (C=O) groups is 2. The zero-order chi connectivity index (χ0) is 20.4. The van der Waals surface area contributed by atoms with Crippen molar-refractivity contribution < 1.29 is 23.8 Å². The molecule has 0 radical (unpaired) electrons. The van der Waals surface area contributed by atoms with Crippen molar-refractivity contribution in [1.82, 2.24) is 0 Å². The summed E-state index contributed by atoms with van der Waals surface area (Å²) in [6, 6.07) is 18.6. The molecular formula is C23H17NO5. The highest BCUT2D eigenvalue weighted by atomic mass is 16.6. The number of esters is 2. The maximum atomic E-state index is 12.3. The summed E-state index contributed by atoms with van der Waals surface area (Å²) < 4.78 is 15.7. The van der Waals surface area contributed by atoms with Crippen LogP contribution in [0.25, 0.3) is 16.8 Å². The van der Waals surface area contributed by atoms with E-state index in [1.165, 1.54) is 14.0 Å². The molecule has 0 fully saturated rings. The number of aliphatic imine (C=N–C) groups is 1. The van der Waals surface area contributed by atoms with E-state index < -0.39 is 11.9 Å². The minimum atomic E-state index is -0.531. The number of nitrogens with zero attached hydrogens (tertiary/aromatic N) is 1. The first-order chi connectivity index (χ1) is 14.0. The molecule has 1 aliphatic heterocycles. The maximum absolute atomic E-state index is 12.3. The van der Waals surface area contributed by atoms with Crippen LogP contribution in [0, 0.1) is 0 Å². The van der Waals surface area contributed by atoms with Crippen LogP contribution in [0.5, 0.6) is 11.5 Å². The summed E-state index contributed by atoms with van der Waals surface area (Å²) in [6.45, 7) is 1.31.